The predicted octanol–water partition coefficient (Wildman–Crippen LogP) is 3.98. The van der Waals surface area contributed by atoms with Gasteiger partial charge in [0.2, 0.25) is 0 Å². The molecule has 1 aliphatic rings. The molecule has 0 bridgehead atoms. The molecular formula is C22H23NO3. The van der Waals surface area contributed by atoms with Crippen molar-refractivity contribution < 1.29 is 14.3 Å². The largest absolute Gasteiger partial charge is 0.457 e. The maximum atomic E-state index is 13.0. The van der Waals surface area contributed by atoms with Crippen LogP contribution in [0.25, 0.3) is 0 Å². The third-order valence-electron chi connectivity index (χ3n) is 4.53. The van der Waals surface area contributed by atoms with Gasteiger partial charge in [0.25, 0.3) is 5.91 Å². The predicted molar refractivity (Wildman–Crippen MR) is 101 cm³/mol. The second kappa shape index (κ2) is 9.07. The summed E-state index contributed by atoms with van der Waals surface area (Å²) in [6.45, 7) is 2.47. The fraction of sp³-hybridized carbons (Fsp3) is 0.318. The van der Waals surface area contributed by atoms with Crippen LogP contribution >= 0.6 is 0 Å². The van der Waals surface area contributed by atoms with Crippen LogP contribution in [0.2, 0.25) is 0 Å². The second-order valence-electron chi connectivity index (χ2n) is 6.37. The number of piperidine rings is 1. The van der Waals surface area contributed by atoms with Crippen molar-refractivity contribution in [2.45, 2.75) is 12.8 Å². The maximum absolute atomic E-state index is 13.0. The van der Waals surface area contributed by atoms with Crippen LogP contribution in [0.5, 0.6) is 11.5 Å². The zero-order valence-corrected chi connectivity index (χ0v) is 14.8. The topological polar surface area (TPSA) is 38.8 Å². The first-order valence-electron chi connectivity index (χ1n) is 8.90. The number of terminal acetylenes is 1. The molecule has 134 valence electrons. The van der Waals surface area contributed by atoms with Gasteiger partial charge in [-0.3, -0.25) is 4.79 Å². The molecule has 1 amide bonds. The highest BCUT2D eigenvalue weighted by Gasteiger charge is 2.25. The first kappa shape index (κ1) is 18.0. The Labute approximate surface area is 154 Å². The van der Waals surface area contributed by atoms with E-state index in [2.05, 4.69) is 5.92 Å². The number of likely N-dealkylation sites (tertiary alicyclic amines) is 1. The van der Waals surface area contributed by atoms with Crippen LogP contribution in [0.4, 0.5) is 0 Å². The van der Waals surface area contributed by atoms with E-state index in [-0.39, 0.29) is 5.91 Å². The zero-order valence-electron chi connectivity index (χ0n) is 14.8. The third-order valence-corrected chi connectivity index (χ3v) is 4.53. The molecular weight excluding hydrogens is 326 g/mol. The summed E-state index contributed by atoms with van der Waals surface area (Å²) < 4.78 is 11.4. The highest BCUT2D eigenvalue weighted by molar-refractivity contribution is 5.97. The van der Waals surface area contributed by atoms with Crippen molar-refractivity contribution in [2.75, 3.05) is 26.3 Å². The molecule has 26 heavy (non-hydrogen) atoms. The molecule has 0 aromatic heterocycles. The van der Waals surface area contributed by atoms with Crippen LogP contribution in [0.15, 0.2) is 54.6 Å². The molecule has 4 nitrogen and oxygen atoms in total. The fourth-order valence-corrected chi connectivity index (χ4v) is 3.11. The standard InChI is InChI=1S/C22H23NO3/c1-2-16-25-17-18-12-14-23(15-13-18)22(24)20-10-6-7-11-21(20)26-19-8-4-3-5-9-19/h1,3-11,18H,12-17H2. The number of hydrogen-bond acceptors (Lipinski definition) is 3. The van der Waals surface area contributed by atoms with Gasteiger partial charge in [0, 0.05) is 13.1 Å². The first-order valence-corrected chi connectivity index (χ1v) is 8.90. The molecule has 0 aliphatic carbocycles. The minimum absolute atomic E-state index is 0.0134. The molecule has 4 heteroatoms. The molecule has 1 saturated heterocycles. The first-order chi connectivity index (χ1) is 12.8. The lowest BCUT2D eigenvalue weighted by Crippen LogP contribution is -2.39. The molecule has 0 saturated carbocycles. The van der Waals surface area contributed by atoms with Gasteiger partial charge in [0.1, 0.15) is 18.1 Å². The van der Waals surface area contributed by atoms with Crippen LogP contribution in [0.1, 0.15) is 23.2 Å². The number of nitrogens with zero attached hydrogens (tertiary/aromatic N) is 1. The molecule has 1 heterocycles. The second-order valence-corrected chi connectivity index (χ2v) is 6.37. The molecule has 2 aromatic rings. The number of carbonyl (C=O) groups is 1. The molecule has 1 aliphatic heterocycles. The quantitative estimate of drug-likeness (QED) is 0.585. The van der Waals surface area contributed by atoms with E-state index in [1.807, 2.05) is 59.5 Å². The summed E-state index contributed by atoms with van der Waals surface area (Å²) in [5.74, 6) is 4.26. The van der Waals surface area contributed by atoms with Crippen LogP contribution in [0.3, 0.4) is 0 Å². The Morgan fingerprint density at radius 3 is 2.50 bits per heavy atom. The monoisotopic (exact) mass is 349 g/mol. The SMILES string of the molecule is C#CCOCC1CCN(C(=O)c2ccccc2Oc2ccccc2)CC1. The highest BCUT2D eigenvalue weighted by Crippen LogP contribution is 2.27. The summed E-state index contributed by atoms with van der Waals surface area (Å²) >= 11 is 0. The molecule has 0 spiro atoms. The number of carbonyl (C=O) groups excluding carboxylic acids is 1. The Balaban J connectivity index is 1.63. The summed E-state index contributed by atoms with van der Waals surface area (Å²) in [7, 11) is 0. The normalized spacial score (nSPS) is 14.7. The lowest BCUT2D eigenvalue weighted by Gasteiger charge is -2.32. The fourth-order valence-electron chi connectivity index (χ4n) is 3.11. The van der Waals surface area contributed by atoms with E-state index in [1.54, 1.807) is 0 Å². The van der Waals surface area contributed by atoms with Crippen LogP contribution in [0, 0.1) is 18.3 Å². The number of para-hydroxylation sites is 2. The summed E-state index contributed by atoms with van der Waals surface area (Å²) in [6, 6.07) is 16.9. The Bertz CT molecular complexity index is 758. The molecule has 3 rings (SSSR count). The minimum atomic E-state index is 0.0134. The average molecular weight is 349 g/mol. The van der Waals surface area contributed by atoms with Gasteiger partial charge in [0.15, 0.2) is 0 Å². The van der Waals surface area contributed by atoms with E-state index in [1.165, 1.54) is 0 Å². The van der Waals surface area contributed by atoms with Crippen molar-refractivity contribution in [3.63, 3.8) is 0 Å². The van der Waals surface area contributed by atoms with E-state index in [0.717, 1.165) is 31.7 Å². The number of rotatable bonds is 6. The van der Waals surface area contributed by atoms with E-state index < -0.39 is 0 Å². The number of benzene rings is 2. The molecule has 0 atom stereocenters. The van der Waals surface area contributed by atoms with Gasteiger partial charge in [-0.15, -0.1) is 6.42 Å². The molecule has 0 radical (unpaired) electrons. The van der Waals surface area contributed by atoms with Crippen LogP contribution < -0.4 is 4.74 Å². The highest BCUT2D eigenvalue weighted by atomic mass is 16.5. The number of amides is 1. The van der Waals surface area contributed by atoms with Crippen molar-refractivity contribution in [1.29, 1.82) is 0 Å². The molecule has 2 aromatic carbocycles. The average Bonchev–Trinajstić information content (AvgIpc) is 2.69. The summed E-state index contributed by atoms with van der Waals surface area (Å²) in [6.07, 6.45) is 7.06. The number of hydrogen-bond donors (Lipinski definition) is 0. The summed E-state index contributed by atoms with van der Waals surface area (Å²) in [5.41, 5.74) is 0.596. The third kappa shape index (κ3) is 4.65. The van der Waals surface area contributed by atoms with Gasteiger partial charge in [-0.05, 0) is 43.0 Å². The smallest absolute Gasteiger partial charge is 0.257 e. The van der Waals surface area contributed by atoms with Gasteiger partial charge < -0.3 is 14.4 Å². The Morgan fingerprint density at radius 1 is 1.08 bits per heavy atom. The zero-order chi connectivity index (χ0) is 18.2. The van der Waals surface area contributed by atoms with Crippen molar-refractivity contribution >= 4 is 5.91 Å². The van der Waals surface area contributed by atoms with E-state index in [9.17, 15) is 4.79 Å². The Hall–Kier alpha value is -2.77. The summed E-state index contributed by atoms with van der Waals surface area (Å²) in [4.78, 5) is 14.9. The maximum Gasteiger partial charge on any atom is 0.257 e. The molecule has 0 unspecified atom stereocenters. The molecule has 1 fully saturated rings. The Morgan fingerprint density at radius 2 is 1.77 bits per heavy atom. The van der Waals surface area contributed by atoms with Gasteiger partial charge in [-0.1, -0.05) is 36.3 Å². The molecule has 0 N–H and O–H groups in total. The van der Waals surface area contributed by atoms with E-state index >= 15 is 0 Å². The van der Waals surface area contributed by atoms with Crippen LogP contribution in [-0.2, 0) is 4.74 Å². The van der Waals surface area contributed by atoms with Gasteiger partial charge in [-0.25, -0.2) is 0 Å². The van der Waals surface area contributed by atoms with Gasteiger partial charge in [-0.2, -0.15) is 0 Å². The summed E-state index contributed by atoms with van der Waals surface area (Å²) in [5, 5.41) is 0. The van der Waals surface area contributed by atoms with E-state index in [0.29, 0.717) is 30.4 Å². The van der Waals surface area contributed by atoms with Gasteiger partial charge in [0.05, 0.1) is 12.2 Å². The lowest BCUT2D eigenvalue weighted by atomic mass is 9.97. The van der Waals surface area contributed by atoms with Crippen molar-refractivity contribution in [3.8, 4) is 23.8 Å². The van der Waals surface area contributed by atoms with Crippen molar-refractivity contribution in [1.82, 2.24) is 4.90 Å². The van der Waals surface area contributed by atoms with Crippen molar-refractivity contribution in [3.05, 3.63) is 60.2 Å². The van der Waals surface area contributed by atoms with Crippen molar-refractivity contribution in [2.24, 2.45) is 5.92 Å². The lowest BCUT2D eigenvalue weighted by molar-refractivity contribution is 0.0580. The number of ether oxygens (including phenoxy) is 2. The van der Waals surface area contributed by atoms with Gasteiger partial charge >= 0.3 is 0 Å². The minimum Gasteiger partial charge on any atom is -0.457 e. The van der Waals surface area contributed by atoms with Crippen LogP contribution in [-0.4, -0.2) is 37.1 Å². The Kier molecular flexibility index (Phi) is 6.29. The van der Waals surface area contributed by atoms with E-state index in [4.69, 9.17) is 15.9 Å².